The van der Waals surface area contributed by atoms with Gasteiger partial charge in [-0.05, 0) is 66.9 Å². The Labute approximate surface area is 152 Å². The van der Waals surface area contributed by atoms with E-state index in [-0.39, 0.29) is 5.91 Å². The van der Waals surface area contributed by atoms with Gasteiger partial charge in [0.25, 0.3) is 0 Å². The van der Waals surface area contributed by atoms with E-state index in [0.717, 1.165) is 36.3 Å². The largest absolute Gasteiger partial charge is 0.387 e. The molecule has 5 heteroatoms. The summed E-state index contributed by atoms with van der Waals surface area (Å²) in [4.78, 5) is 15.3. The molecule has 2 aromatic rings. The van der Waals surface area contributed by atoms with E-state index < -0.39 is 6.10 Å². The molecule has 1 atom stereocenters. The lowest BCUT2D eigenvalue weighted by Gasteiger charge is -2.33. The molecule has 1 aromatic carbocycles. The van der Waals surface area contributed by atoms with Gasteiger partial charge in [-0.3, -0.25) is 4.79 Å². The summed E-state index contributed by atoms with van der Waals surface area (Å²) in [5, 5.41) is 15.7. The van der Waals surface area contributed by atoms with Crippen molar-refractivity contribution in [2.24, 2.45) is 0 Å². The van der Waals surface area contributed by atoms with Crippen LogP contribution < -0.4 is 5.32 Å². The van der Waals surface area contributed by atoms with Gasteiger partial charge in [-0.2, -0.15) is 0 Å². The lowest BCUT2D eigenvalue weighted by atomic mass is 9.94. The number of benzene rings is 1. The third-order valence-corrected chi connectivity index (χ3v) is 6.41. The van der Waals surface area contributed by atoms with Crippen LogP contribution in [0.1, 0.15) is 47.3 Å². The van der Waals surface area contributed by atoms with E-state index >= 15 is 0 Å². The van der Waals surface area contributed by atoms with E-state index in [0.29, 0.717) is 18.9 Å². The van der Waals surface area contributed by atoms with Crippen LogP contribution in [-0.4, -0.2) is 35.5 Å². The van der Waals surface area contributed by atoms with Crippen molar-refractivity contribution in [2.45, 2.75) is 37.7 Å². The van der Waals surface area contributed by atoms with Gasteiger partial charge in [0.2, 0.25) is 5.91 Å². The molecule has 132 valence electrons. The molecule has 4 rings (SSSR count). The van der Waals surface area contributed by atoms with E-state index in [4.69, 9.17) is 0 Å². The zero-order valence-electron chi connectivity index (χ0n) is 14.3. The minimum absolute atomic E-state index is 0.0782. The normalized spacial score (nSPS) is 20.1. The second-order valence-corrected chi connectivity index (χ2v) is 8.05. The van der Waals surface area contributed by atoms with Crippen LogP contribution in [-0.2, 0) is 11.2 Å². The molecule has 1 unspecified atom stereocenters. The van der Waals surface area contributed by atoms with Crippen LogP contribution in [0.25, 0.3) is 0 Å². The Morgan fingerprint density at radius 2 is 2.08 bits per heavy atom. The number of β-amino-alcohol motifs (C(OH)–C–C–N with tert-alkyl or cyclic N) is 1. The highest BCUT2D eigenvalue weighted by Gasteiger charge is 2.24. The average molecular weight is 356 g/mol. The zero-order valence-corrected chi connectivity index (χ0v) is 15.1. The van der Waals surface area contributed by atoms with Crippen LogP contribution in [0.2, 0.25) is 0 Å². The summed E-state index contributed by atoms with van der Waals surface area (Å²) < 4.78 is 0. The highest BCUT2D eigenvalue weighted by Crippen LogP contribution is 2.32. The Morgan fingerprint density at radius 1 is 1.24 bits per heavy atom. The lowest BCUT2D eigenvalue weighted by molar-refractivity contribution is -0.116. The summed E-state index contributed by atoms with van der Waals surface area (Å²) in [5.74, 6) is 0.759. The molecule has 1 saturated heterocycles. The van der Waals surface area contributed by atoms with Crippen molar-refractivity contribution in [1.82, 2.24) is 4.90 Å². The van der Waals surface area contributed by atoms with E-state index in [1.807, 2.05) is 23.5 Å². The van der Waals surface area contributed by atoms with Crippen LogP contribution in [0.15, 0.2) is 35.7 Å². The van der Waals surface area contributed by atoms with Gasteiger partial charge in [0, 0.05) is 23.5 Å². The van der Waals surface area contributed by atoms with E-state index in [1.165, 1.54) is 17.7 Å². The number of piperidine rings is 1. The Kier molecular flexibility index (Phi) is 4.88. The minimum Gasteiger partial charge on any atom is -0.387 e. The summed E-state index contributed by atoms with van der Waals surface area (Å²) in [6, 6.07) is 10.3. The van der Waals surface area contributed by atoms with Gasteiger partial charge >= 0.3 is 0 Å². The second kappa shape index (κ2) is 7.28. The average Bonchev–Trinajstić information content (AvgIpc) is 3.16. The molecule has 0 aliphatic carbocycles. The first-order valence-corrected chi connectivity index (χ1v) is 9.93. The number of hydrogen-bond acceptors (Lipinski definition) is 4. The summed E-state index contributed by atoms with van der Waals surface area (Å²) in [6.07, 6.45) is 3.16. The molecule has 2 N–H and O–H groups in total. The maximum atomic E-state index is 11.5. The standard InChI is InChI=1S/C20H24N2O2S/c23-18(16-3-5-17-15(12-16)4-6-20(24)21-17)13-22-9-7-14(8-10-22)19-2-1-11-25-19/h1-3,5,11-12,14,18,23H,4,6-10,13H2,(H,21,24). The van der Waals surface area contributed by atoms with Gasteiger partial charge in [0.1, 0.15) is 0 Å². The van der Waals surface area contributed by atoms with Crippen molar-refractivity contribution in [2.75, 3.05) is 25.0 Å². The van der Waals surface area contributed by atoms with Crippen LogP contribution in [0.5, 0.6) is 0 Å². The Bertz CT molecular complexity index is 736. The number of aliphatic hydroxyl groups is 1. The molecule has 1 aromatic heterocycles. The van der Waals surface area contributed by atoms with E-state index in [1.54, 1.807) is 0 Å². The maximum Gasteiger partial charge on any atom is 0.224 e. The topological polar surface area (TPSA) is 52.6 Å². The van der Waals surface area contributed by atoms with Crippen molar-refractivity contribution in [1.29, 1.82) is 0 Å². The van der Waals surface area contributed by atoms with Gasteiger partial charge in [-0.1, -0.05) is 18.2 Å². The van der Waals surface area contributed by atoms with Crippen molar-refractivity contribution < 1.29 is 9.90 Å². The van der Waals surface area contributed by atoms with Crippen molar-refractivity contribution in [3.63, 3.8) is 0 Å². The lowest BCUT2D eigenvalue weighted by Crippen LogP contribution is -2.35. The van der Waals surface area contributed by atoms with Crippen molar-refractivity contribution >= 4 is 22.9 Å². The van der Waals surface area contributed by atoms with Crippen LogP contribution >= 0.6 is 11.3 Å². The fraction of sp³-hybridized carbons (Fsp3) is 0.450. The molecule has 1 amide bonds. The molecular formula is C20H24N2O2S. The number of nitrogens with zero attached hydrogens (tertiary/aromatic N) is 1. The summed E-state index contributed by atoms with van der Waals surface area (Å²) >= 11 is 1.86. The molecule has 2 aliphatic heterocycles. The number of anilines is 1. The number of hydrogen-bond donors (Lipinski definition) is 2. The number of carbonyl (C=O) groups is 1. The first-order chi connectivity index (χ1) is 12.2. The second-order valence-electron chi connectivity index (χ2n) is 7.07. The number of carbonyl (C=O) groups excluding carboxylic acids is 1. The van der Waals surface area contributed by atoms with Crippen LogP contribution in [0, 0.1) is 0 Å². The molecule has 1 fully saturated rings. The third kappa shape index (κ3) is 3.78. The fourth-order valence-electron chi connectivity index (χ4n) is 3.88. The first kappa shape index (κ1) is 16.8. The molecule has 0 spiro atoms. The predicted octanol–water partition coefficient (Wildman–Crippen LogP) is 3.55. The van der Waals surface area contributed by atoms with Gasteiger partial charge in [0.05, 0.1) is 6.10 Å². The Morgan fingerprint density at radius 3 is 2.84 bits per heavy atom. The number of fused-ring (bicyclic) bond motifs is 1. The fourth-order valence-corrected chi connectivity index (χ4v) is 4.78. The van der Waals surface area contributed by atoms with Crippen LogP contribution in [0.3, 0.4) is 0 Å². The van der Waals surface area contributed by atoms with Gasteiger partial charge in [-0.15, -0.1) is 11.3 Å². The molecule has 0 radical (unpaired) electrons. The monoisotopic (exact) mass is 356 g/mol. The van der Waals surface area contributed by atoms with E-state index in [9.17, 15) is 9.90 Å². The van der Waals surface area contributed by atoms with E-state index in [2.05, 4.69) is 33.8 Å². The molecule has 2 aliphatic rings. The summed E-state index contributed by atoms with van der Waals surface area (Å²) in [5.41, 5.74) is 2.98. The smallest absolute Gasteiger partial charge is 0.224 e. The molecule has 4 nitrogen and oxygen atoms in total. The number of likely N-dealkylation sites (tertiary alicyclic amines) is 1. The third-order valence-electron chi connectivity index (χ3n) is 5.37. The summed E-state index contributed by atoms with van der Waals surface area (Å²) in [7, 11) is 0. The van der Waals surface area contributed by atoms with Gasteiger partial charge in [0.15, 0.2) is 0 Å². The number of rotatable bonds is 4. The minimum atomic E-state index is -0.471. The molecule has 0 bridgehead atoms. The molecule has 3 heterocycles. The van der Waals surface area contributed by atoms with Gasteiger partial charge < -0.3 is 15.3 Å². The number of aryl methyl sites for hydroxylation is 1. The van der Waals surface area contributed by atoms with Crippen LogP contribution in [0.4, 0.5) is 5.69 Å². The Balaban J connectivity index is 1.35. The van der Waals surface area contributed by atoms with Crippen molar-refractivity contribution in [3.8, 4) is 0 Å². The highest BCUT2D eigenvalue weighted by molar-refractivity contribution is 7.10. The van der Waals surface area contributed by atoms with Crippen molar-refractivity contribution in [3.05, 3.63) is 51.7 Å². The predicted molar refractivity (Wildman–Crippen MR) is 101 cm³/mol. The SMILES string of the molecule is O=C1CCc2cc(C(O)CN3CCC(c4cccs4)CC3)ccc2N1. The van der Waals surface area contributed by atoms with Gasteiger partial charge in [-0.25, -0.2) is 0 Å². The molecule has 0 saturated carbocycles. The number of amides is 1. The number of nitrogens with one attached hydrogen (secondary N) is 1. The number of thiophene rings is 1. The zero-order chi connectivity index (χ0) is 17.2. The Hall–Kier alpha value is -1.69. The quantitative estimate of drug-likeness (QED) is 0.881. The molecule has 25 heavy (non-hydrogen) atoms. The number of aliphatic hydroxyl groups excluding tert-OH is 1. The maximum absolute atomic E-state index is 11.5. The highest BCUT2D eigenvalue weighted by atomic mass is 32.1. The first-order valence-electron chi connectivity index (χ1n) is 9.05. The summed E-state index contributed by atoms with van der Waals surface area (Å²) in [6.45, 7) is 2.77. The molecular weight excluding hydrogens is 332 g/mol.